The number of fused-ring (bicyclic) bond motifs is 4. The third kappa shape index (κ3) is 4.02. The number of hydrogen-bond donors (Lipinski definition) is 1. The molecule has 0 heterocycles. The Labute approximate surface area is 206 Å². The molecule has 1 saturated carbocycles. The standard InChI is InChI=1S/C28H36O7/c1-5-6-7-24(33)34-16-23(32)28(35-17(2)29)13-11-21-20-9-8-18-14-19(30)10-12-26(18,3)25(20)22(31)15-27(21,28)4/h10,12,14,21-22,31H,5-9,11,13,15-16H2,1-4H3/t21-,22-,26-,27-,28-/m0/s1. The quantitative estimate of drug-likeness (QED) is 0.431. The minimum absolute atomic E-state index is 0.0366. The Morgan fingerprint density at radius 1 is 1.20 bits per heavy atom. The Morgan fingerprint density at radius 2 is 1.94 bits per heavy atom. The summed E-state index contributed by atoms with van der Waals surface area (Å²) in [6.45, 7) is 6.76. The van der Waals surface area contributed by atoms with Crippen LogP contribution >= 0.6 is 0 Å². The maximum Gasteiger partial charge on any atom is 0.306 e. The zero-order valence-corrected chi connectivity index (χ0v) is 21.1. The first-order chi connectivity index (χ1) is 16.5. The van der Waals surface area contributed by atoms with Crippen molar-refractivity contribution in [1.82, 2.24) is 0 Å². The number of aliphatic hydroxyl groups excluding tert-OH is 1. The SMILES string of the molecule is CCCCC(=O)OCC(=O)[C@@]1(OC(C)=O)CC[C@H]2C3=C([C@@H](O)C[C@@]21C)[C@@]1(C)C=CC(=O)C=C1CC3. The van der Waals surface area contributed by atoms with Crippen LogP contribution in [0.5, 0.6) is 0 Å². The molecule has 7 heteroatoms. The number of Topliss-reactive ketones (excluding diaryl/α,β-unsaturated/α-hetero) is 1. The molecule has 190 valence electrons. The van der Waals surface area contributed by atoms with Gasteiger partial charge in [0.15, 0.2) is 18.0 Å². The number of aliphatic hydroxyl groups is 1. The average molecular weight is 485 g/mol. The van der Waals surface area contributed by atoms with Crippen LogP contribution in [0.15, 0.2) is 34.9 Å². The van der Waals surface area contributed by atoms with E-state index in [1.807, 2.05) is 26.8 Å². The van der Waals surface area contributed by atoms with Gasteiger partial charge in [-0.15, -0.1) is 0 Å². The topological polar surface area (TPSA) is 107 Å². The summed E-state index contributed by atoms with van der Waals surface area (Å²) in [4.78, 5) is 49.9. The minimum atomic E-state index is -1.47. The van der Waals surface area contributed by atoms with Crippen LogP contribution < -0.4 is 0 Å². The summed E-state index contributed by atoms with van der Waals surface area (Å²) >= 11 is 0. The molecule has 7 nitrogen and oxygen atoms in total. The van der Waals surface area contributed by atoms with Crippen LogP contribution in [0.3, 0.4) is 0 Å². The van der Waals surface area contributed by atoms with Crippen molar-refractivity contribution in [3.63, 3.8) is 0 Å². The third-order valence-corrected chi connectivity index (χ3v) is 8.85. The number of esters is 2. The lowest BCUT2D eigenvalue weighted by atomic mass is 9.52. The molecule has 4 aliphatic carbocycles. The molecule has 0 bridgehead atoms. The summed E-state index contributed by atoms with van der Waals surface area (Å²) in [6.07, 6.45) is 8.61. The van der Waals surface area contributed by atoms with E-state index < -0.39 is 46.9 Å². The van der Waals surface area contributed by atoms with E-state index in [0.717, 1.165) is 23.1 Å². The Morgan fingerprint density at radius 3 is 2.63 bits per heavy atom. The fourth-order valence-electron chi connectivity index (χ4n) is 7.17. The van der Waals surface area contributed by atoms with Gasteiger partial charge in [-0.2, -0.15) is 0 Å². The molecule has 1 fully saturated rings. The molecule has 0 aromatic carbocycles. The van der Waals surface area contributed by atoms with Gasteiger partial charge >= 0.3 is 11.9 Å². The Hall–Kier alpha value is -2.54. The van der Waals surface area contributed by atoms with E-state index in [0.29, 0.717) is 32.1 Å². The fraction of sp³-hybridized carbons (Fsp3) is 0.643. The fourth-order valence-corrected chi connectivity index (χ4v) is 7.17. The number of allylic oxidation sites excluding steroid dienone is 5. The van der Waals surface area contributed by atoms with Gasteiger partial charge in [0.05, 0.1) is 6.10 Å². The van der Waals surface area contributed by atoms with Crippen molar-refractivity contribution in [2.24, 2.45) is 16.7 Å². The third-order valence-electron chi connectivity index (χ3n) is 8.85. The van der Waals surface area contributed by atoms with Crippen molar-refractivity contribution < 1.29 is 33.8 Å². The molecule has 0 aromatic rings. The van der Waals surface area contributed by atoms with Crippen LogP contribution in [0.2, 0.25) is 0 Å². The van der Waals surface area contributed by atoms with E-state index in [2.05, 4.69) is 0 Å². The minimum Gasteiger partial charge on any atom is -0.457 e. The second-order valence-electron chi connectivity index (χ2n) is 10.9. The van der Waals surface area contributed by atoms with E-state index in [1.165, 1.54) is 6.92 Å². The highest BCUT2D eigenvalue weighted by Crippen LogP contribution is 2.65. The lowest BCUT2D eigenvalue weighted by Gasteiger charge is -2.53. The summed E-state index contributed by atoms with van der Waals surface area (Å²) < 4.78 is 11.1. The van der Waals surface area contributed by atoms with Gasteiger partial charge in [0.2, 0.25) is 5.78 Å². The molecule has 5 atom stereocenters. The van der Waals surface area contributed by atoms with Gasteiger partial charge in [0, 0.05) is 24.2 Å². The lowest BCUT2D eigenvalue weighted by molar-refractivity contribution is -0.185. The maximum atomic E-state index is 13.6. The molecule has 0 radical (unpaired) electrons. The van der Waals surface area contributed by atoms with Crippen molar-refractivity contribution in [3.8, 4) is 0 Å². The van der Waals surface area contributed by atoms with Gasteiger partial charge in [0.25, 0.3) is 0 Å². The Kier molecular flexibility index (Phi) is 6.68. The second kappa shape index (κ2) is 9.16. The summed E-state index contributed by atoms with van der Waals surface area (Å²) in [6, 6.07) is 0. The maximum absolute atomic E-state index is 13.6. The Bertz CT molecular complexity index is 1050. The highest BCUT2D eigenvalue weighted by Gasteiger charge is 2.67. The molecule has 0 spiro atoms. The monoisotopic (exact) mass is 484 g/mol. The molecule has 4 rings (SSSR count). The summed E-state index contributed by atoms with van der Waals surface area (Å²) in [7, 11) is 0. The number of ether oxygens (including phenoxy) is 2. The molecule has 0 unspecified atom stereocenters. The summed E-state index contributed by atoms with van der Waals surface area (Å²) in [5.41, 5.74) is 0.183. The number of carbonyl (C=O) groups is 4. The van der Waals surface area contributed by atoms with Gasteiger partial charge in [-0.1, -0.05) is 37.5 Å². The molecule has 0 aromatic heterocycles. The molecule has 0 amide bonds. The van der Waals surface area contributed by atoms with Crippen LogP contribution in [0.1, 0.15) is 79.1 Å². The van der Waals surface area contributed by atoms with Crippen molar-refractivity contribution in [2.45, 2.75) is 90.8 Å². The van der Waals surface area contributed by atoms with Gasteiger partial charge in [-0.25, -0.2) is 0 Å². The molecule has 35 heavy (non-hydrogen) atoms. The summed E-state index contributed by atoms with van der Waals surface area (Å²) in [5.74, 6) is -1.54. The first kappa shape index (κ1) is 25.5. The Balaban J connectivity index is 1.70. The van der Waals surface area contributed by atoms with E-state index >= 15 is 0 Å². The summed E-state index contributed by atoms with van der Waals surface area (Å²) in [5, 5.41) is 11.5. The van der Waals surface area contributed by atoms with Gasteiger partial charge in [0.1, 0.15) is 0 Å². The lowest BCUT2D eigenvalue weighted by Crippen LogP contribution is -2.59. The average Bonchev–Trinajstić information content (AvgIpc) is 3.08. The molecular formula is C28H36O7. The highest BCUT2D eigenvalue weighted by molar-refractivity contribution is 6.01. The first-order valence-corrected chi connectivity index (χ1v) is 12.7. The van der Waals surface area contributed by atoms with Gasteiger partial charge < -0.3 is 14.6 Å². The zero-order valence-electron chi connectivity index (χ0n) is 21.1. The van der Waals surface area contributed by atoms with Crippen LogP contribution in [-0.4, -0.2) is 46.9 Å². The molecule has 4 aliphatic rings. The normalized spacial score (nSPS) is 35.6. The second-order valence-corrected chi connectivity index (χ2v) is 10.9. The van der Waals surface area contributed by atoms with Gasteiger partial charge in [-0.3, -0.25) is 19.2 Å². The molecular weight excluding hydrogens is 448 g/mol. The highest BCUT2D eigenvalue weighted by atomic mass is 16.6. The van der Waals surface area contributed by atoms with E-state index in [4.69, 9.17) is 9.47 Å². The largest absolute Gasteiger partial charge is 0.457 e. The van der Waals surface area contributed by atoms with Crippen molar-refractivity contribution in [1.29, 1.82) is 0 Å². The van der Waals surface area contributed by atoms with E-state index in [1.54, 1.807) is 12.2 Å². The first-order valence-electron chi connectivity index (χ1n) is 12.7. The molecule has 0 saturated heterocycles. The molecule has 0 aliphatic heterocycles. The van der Waals surface area contributed by atoms with Crippen LogP contribution in [0.25, 0.3) is 0 Å². The van der Waals surface area contributed by atoms with Crippen molar-refractivity contribution in [3.05, 3.63) is 34.9 Å². The number of ketones is 2. The van der Waals surface area contributed by atoms with Gasteiger partial charge in [-0.05, 0) is 69.1 Å². The van der Waals surface area contributed by atoms with E-state index in [-0.39, 0.29) is 24.5 Å². The smallest absolute Gasteiger partial charge is 0.306 e. The van der Waals surface area contributed by atoms with Crippen molar-refractivity contribution >= 4 is 23.5 Å². The van der Waals surface area contributed by atoms with Crippen LogP contribution in [0, 0.1) is 16.7 Å². The van der Waals surface area contributed by atoms with Crippen LogP contribution in [-0.2, 0) is 28.7 Å². The number of hydrogen-bond acceptors (Lipinski definition) is 7. The number of rotatable bonds is 7. The van der Waals surface area contributed by atoms with E-state index in [9.17, 15) is 24.3 Å². The predicted octanol–water partition coefficient (Wildman–Crippen LogP) is 3.93. The number of carbonyl (C=O) groups excluding carboxylic acids is 4. The number of unbranched alkanes of at least 4 members (excludes halogenated alkanes) is 1. The van der Waals surface area contributed by atoms with Crippen molar-refractivity contribution in [2.75, 3.05) is 6.61 Å². The molecule has 1 N–H and O–H groups in total. The van der Waals surface area contributed by atoms with Crippen LogP contribution in [0.4, 0.5) is 0 Å². The predicted molar refractivity (Wildman–Crippen MR) is 128 cm³/mol. The zero-order chi connectivity index (χ0) is 25.6.